The average Bonchev–Trinajstić information content (AvgIpc) is 3.83. The van der Waals surface area contributed by atoms with E-state index in [2.05, 4.69) is 56.0 Å². The first-order chi connectivity index (χ1) is 25.9. The molecule has 0 spiro atoms. The van der Waals surface area contributed by atoms with Gasteiger partial charge in [-0.05, 0) is 48.3 Å². The molecule has 298 valence electrons. The highest BCUT2D eigenvalue weighted by atomic mass is 79.9. The van der Waals surface area contributed by atoms with Crippen LogP contribution in [0.5, 0.6) is 0 Å². The summed E-state index contributed by atoms with van der Waals surface area (Å²) in [5.74, 6) is -6.72. The summed E-state index contributed by atoms with van der Waals surface area (Å²) in [5.41, 5.74) is -2.69. The Morgan fingerprint density at radius 2 is 1.27 bits per heavy atom. The van der Waals surface area contributed by atoms with Crippen molar-refractivity contribution in [3.63, 3.8) is 0 Å². The van der Waals surface area contributed by atoms with Crippen molar-refractivity contribution in [3.8, 4) is 0 Å². The number of hydrogen-bond acceptors (Lipinski definition) is 10. The number of alkyl halides is 1. The van der Waals surface area contributed by atoms with Gasteiger partial charge in [0.25, 0.3) is 0 Å². The molecule has 0 bridgehead atoms. The van der Waals surface area contributed by atoms with Gasteiger partial charge in [-0.15, -0.1) is 0 Å². The van der Waals surface area contributed by atoms with E-state index < -0.39 is 57.4 Å². The van der Waals surface area contributed by atoms with Crippen LogP contribution in [-0.2, 0) is 18.7 Å². The molecule has 4 heterocycles. The fraction of sp³-hybridized carbons (Fsp3) is 0.242. The smallest absolute Gasteiger partial charge is 0.224 e. The molecule has 0 aliphatic carbocycles. The molecule has 0 radical (unpaired) electrons. The Labute approximate surface area is 343 Å². The molecule has 6 aromatic rings. The third kappa shape index (κ3) is 11.6. The molecule has 12 nitrogen and oxygen atoms in total. The number of nitrogens with zero attached hydrogens (tertiary/aromatic N) is 10. The summed E-state index contributed by atoms with van der Waals surface area (Å²) < 4.78 is 83.7. The third-order valence-corrected chi connectivity index (χ3v) is 8.67. The summed E-state index contributed by atoms with van der Waals surface area (Å²) in [6, 6.07) is 5.49. The van der Waals surface area contributed by atoms with E-state index in [4.69, 9.17) is 46.4 Å². The van der Waals surface area contributed by atoms with Crippen molar-refractivity contribution in [2.45, 2.75) is 50.7 Å². The van der Waals surface area contributed by atoms with Gasteiger partial charge < -0.3 is 5.11 Å². The maximum atomic E-state index is 14.5. The second-order valence-corrected chi connectivity index (χ2v) is 13.9. The Morgan fingerprint density at radius 3 is 1.77 bits per heavy atom. The normalized spacial score (nSPS) is 12.9. The van der Waals surface area contributed by atoms with Crippen LogP contribution in [0.1, 0.15) is 59.3 Å². The van der Waals surface area contributed by atoms with Gasteiger partial charge in [0.1, 0.15) is 60.7 Å². The summed E-state index contributed by atoms with van der Waals surface area (Å²) in [4.78, 5) is 33.2. The van der Waals surface area contributed by atoms with Crippen molar-refractivity contribution >= 4 is 68.1 Å². The first-order valence-corrected chi connectivity index (χ1v) is 17.6. The van der Waals surface area contributed by atoms with Gasteiger partial charge in [0.15, 0.2) is 27.7 Å². The molecule has 6 rings (SSSR count). The topological polar surface area (TPSA) is 150 Å². The van der Waals surface area contributed by atoms with Crippen molar-refractivity contribution in [2.75, 3.05) is 0 Å². The van der Waals surface area contributed by atoms with Crippen LogP contribution in [0.2, 0.25) is 20.9 Å². The summed E-state index contributed by atoms with van der Waals surface area (Å²) in [6.07, 6.45) is 5.12. The molecule has 1 N–H and O–H groups in total. The first-order valence-electron chi connectivity index (χ1n) is 15.1. The van der Waals surface area contributed by atoms with Crippen LogP contribution >= 0.6 is 62.3 Å². The van der Waals surface area contributed by atoms with Gasteiger partial charge in [0.05, 0.1) is 28.3 Å². The van der Waals surface area contributed by atoms with E-state index in [1.54, 1.807) is 6.92 Å². The first kappa shape index (κ1) is 46.1. The zero-order valence-corrected chi connectivity index (χ0v) is 32.4. The monoisotopic (exact) mass is 928 g/mol. The molecule has 4 aromatic heterocycles. The van der Waals surface area contributed by atoms with Gasteiger partial charge in [0.2, 0.25) is 10.6 Å². The minimum Gasteiger partial charge on any atom is -0.382 e. The predicted octanol–water partition coefficient (Wildman–Crippen LogP) is 8.94. The van der Waals surface area contributed by atoms with Crippen molar-refractivity contribution in [3.05, 3.63) is 140 Å². The molecule has 3 atom stereocenters. The third-order valence-electron chi connectivity index (χ3n) is 7.39. The zero-order chi connectivity index (χ0) is 40.6. The van der Waals surface area contributed by atoms with E-state index in [1.165, 1.54) is 41.6 Å². The lowest BCUT2D eigenvalue weighted by molar-refractivity contribution is -0.0133. The highest BCUT2D eigenvalue weighted by molar-refractivity contribution is 9.09. The molecule has 0 saturated carbocycles. The second kappa shape index (κ2) is 20.2. The number of rotatable bonds is 9. The number of aromatic nitrogens is 10. The molecule has 3 unspecified atom stereocenters. The van der Waals surface area contributed by atoms with Gasteiger partial charge in [-0.2, -0.15) is 10.2 Å². The molecule has 23 heteroatoms. The molecule has 0 fully saturated rings. The summed E-state index contributed by atoms with van der Waals surface area (Å²) in [5, 5.41) is 17.8. The second-order valence-electron chi connectivity index (χ2n) is 11.1. The highest BCUT2D eigenvalue weighted by Gasteiger charge is 2.42. The molecule has 0 amide bonds. The Bertz CT molecular complexity index is 2260. The van der Waals surface area contributed by atoms with Crippen LogP contribution < -0.4 is 0 Å². The molecule has 0 saturated heterocycles. The SMILES string of the molecule is C.CC(Br)c1nc(Cl)nc(Cl)c1F.CC(c1nc(Cl)nc(Cl)c1F)C(O)(Cn1cncn1)c1ccc(F)cc1F.O=C(Cn1cncn1)c1ccc(F)cc1F. The number of aliphatic hydroxyl groups is 1. The number of hydrogen-bond donors (Lipinski definition) is 1. The number of carbonyl (C=O) groups excluding carboxylic acids is 1. The Kier molecular flexibility index (Phi) is 16.7. The lowest BCUT2D eigenvalue weighted by Gasteiger charge is -2.34. The van der Waals surface area contributed by atoms with Crippen LogP contribution in [0, 0.1) is 34.9 Å². The van der Waals surface area contributed by atoms with Crippen LogP contribution in [0.15, 0.2) is 61.7 Å². The minimum absolute atomic E-state index is 0. The van der Waals surface area contributed by atoms with E-state index in [0.717, 1.165) is 24.3 Å². The molecular weight excluding hydrogens is 904 g/mol. The fourth-order valence-corrected chi connectivity index (χ4v) is 5.81. The molecule has 56 heavy (non-hydrogen) atoms. The summed E-state index contributed by atoms with van der Waals surface area (Å²) >= 11 is 25.5. The number of halogens is 11. The lowest BCUT2D eigenvalue weighted by Crippen LogP contribution is -2.39. The number of ketones is 1. The average molecular weight is 931 g/mol. The largest absolute Gasteiger partial charge is 0.382 e. The minimum atomic E-state index is -2.09. The van der Waals surface area contributed by atoms with Gasteiger partial charge in [-0.25, -0.2) is 65.6 Å². The van der Waals surface area contributed by atoms with Crippen LogP contribution in [0.4, 0.5) is 26.3 Å². The van der Waals surface area contributed by atoms with Crippen LogP contribution in [0.25, 0.3) is 0 Å². The van der Waals surface area contributed by atoms with Crippen LogP contribution in [-0.4, -0.2) is 60.4 Å². The summed E-state index contributed by atoms with van der Waals surface area (Å²) in [7, 11) is 0. The maximum absolute atomic E-state index is 14.5. The van der Waals surface area contributed by atoms with E-state index in [1.807, 2.05) is 0 Å². The number of carbonyl (C=O) groups is 1. The van der Waals surface area contributed by atoms with E-state index in [-0.39, 0.29) is 63.6 Å². The Hall–Kier alpha value is -4.27. The van der Waals surface area contributed by atoms with Crippen molar-refractivity contribution < 1.29 is 36.2 Å². The van der Waals surface area contributed by atoms with Crippen molar-refractivity contribution in [1.29, 1.82) is 0 Å². The number of Topliss-reactive ketones (excluding diaryl/α,β-unsaturated/α-hetero) is 1. The van der Waals surface area contributed by atoms with Crippen LogP contribution in [0.3, 0.4) is 0 Å². The van der Waals surface area contributed by atoms with E-state index in [9.17, 15) is 36.2 Å². The molecule has 2 aromatic carbocycles. The van der Waals surface area contributed by atoms with Gasteiger partial charge in [0, 0.05) is 23.6 Å². The standard InChI is InChI=1S/C16H12Cl2F3N5O.C10H7F2N3O.C6H4BrCl2FN2.CH4/c1-8(13-12(21)14(17)25-15(18)24-13)16(27,5-26-7-22-6-23-26)10-3-2-9(19)4-11(10)20;11-7-1-2-8(9(12)3-7)10(16)4-15-6-13-5-14-15;1-2(7)4-3(10)5(8)12-6(9)11-4;/h2-4,6-8,27H,5H2,1H3;1-3,5-6H,4H2;2H,1H3;1H4. The Balaban J connectivity index is 0.000000246. The van der Waals surface area contributed by atoms with Crippen molar-refractivity contribution in [2.24, 2.45) is 0 Å². The van der Waals surface area contributed by atoms with E-state index >= 15 is 0 Å². The fourth-order valence-electron chi connectivity index (χ4n) is 4.71. The highest BCUT2D eigenvalue weighted by Crippen LogP contribution is 2.41. The Morgan fingerprint density at radius 1 is 0.768 bits per heavy atom. The van der Waals surface area contributed by atoms with Gasteiger partial charge in [-0.1, -0.05) is 59.5 Å². The summed E-state index contributed by atoms with van der Waals surface area (Å²) in [6.45, 7) is 2.67. The maximum Gasteiger partial charge on any atom is 0.224 e. The molecule has 0 aliphatic rings. The molecular formula is C33H27BrCl4F6N10O2. The quantitative estimate of drug-likeness (QED) is 0.0490. The molecule has 0 aliphatic heterocycles. The van der Waals surface area contributed by atoms with Gasteiger partial charge >= 0.3 is 0 Å². The predicted molar refractivity (Wildman–Crippen MR) is 197 cm³/mol. The van der Waals surface area contributed by atoms with E-state index in [0.29, 0.717) is 12.1 Å². The lowest BCUT2D eigenvalue weighted by atomic mass is 9.79. The van der Waals surface area contributed by atoms with Crippen molar-refractivity contribution in [1.82, 2.24) is 49.5 Å². The van der Waals surface area contributed by atoms with Gasteiger partial charge in [-0.3, -0.25) is 4.79 Å². The zero-order valence-electron chi connectivity index (χ0n) is 27.8. The number of benzene rings is 2.